The highest BCUT2D eigenvalue weighted by Crippen LogP contribution is 2.56. The molecular weight excluding hydrogens is 460 g/mol. The Bertz CT molecular complexity index is 1240. The summed E-state index contributed by atoms with van der Waals surface area (Å²) in [5.74, 6) is -1.55. The Morgan fingerprint density at radius 1 is 1.12 bits per heavy atom. The van der Waals surface area contributed by atoms with Gasteiger partial charge in [0.25, 0.3) is 0 Å². The molecule has 0 bridgehead atoms. The first-order chi connectivity index (χ1) is 15.1. The number of carbonyl (C=O) groups is 2. The van der Waals surface area contributed by atoms with Gasteiger partial charge in [-0.3, -0.25) is 9.59 Å². The summed E-state index contributed by atoms with van der Waals surface area (Å²) in [5, 5.41) is -0.418. The minimum Gasteiger partial charge on any atom is -0.489 e. The summed E-state index contributed by atoms with van der Waals surface area (Å²) in [4.78, 5) is 29.5. The molecule has 0 N–H and O–H groups in total. The van der Waals surface area contributed by atoms with Gasteiger partial charge in [0.05, 0.1) is 12.0 Å². The molecule has 0 fully saturated rings. The number of nitrogens with zero attached hydrogens (tertiary/aromatic N) is 1. The molecule has 0 saturated carbocycles. The first-order valence-corrected chi connectivity index (χ1v) is 10.9. The third kappa shape index (κ3) is 3.26. The van der Waals surface area contributed by atoms with Crippen molar-refractivity contribution in [3.8, 4) is 17.2 Å². The molecule has 1 aromatic carbocycles. The number of esters is 1. The number of Topliss-reactive ketones (excluding diaryl/α,β-unsaturated/α-hetero) is 1. The Balaban J connectivity index is 1.85. The molecule has 5 rings (SSSR count). The first-order valence-electron chi connectivity index (χ1n) is 10.1. The molecule has 2 aromatic rings. The van der Waals surface area contributed by atoms with Crippen LogP contribution in [-0.4, -0.2) is 28.4 Å². The van der Waals surface area contributed by atoms with Gasteiger partial charge < -0.3 is 14.2 Å². The fraction of sp³-hybridized carbons (Fsp3) is 0.348. The molecule has 9 heteroatoms. The van der Waals surface area contributed by atoms with Crippen molar-refractivity contribution >= 4 is 41.0 Å². The van der Waals surface area contributed by atoms with E-state index in [2.05, 4.69) is 4.98 Å². The van der Waals surface area contributed by atoms with Crippen LogP contribution in [0.3, 0.4) is 0 Å². The van der Waals surface area contributed by atoms with Crippen LogP contribution in [0, 0.1) is 5.82 Å². The third-order valence-electron chi connectivity index (χ3n) is 5.74. The molecule has 0 amide bonds. The van der Waals surface area contributed by atoms with Crippen LogP contribution in [0.25, 0.3) is 6.08 Å². The van der Waals surface area contributed by atoms with Crippen molar-refractivity contribution in [2.24, 2.45) is 0 Å². The lowest BCUT2D eigenvalue weighted by Crippen LogP contribution is -2.33. The summed E-state index contributed by atoms with van der Waals surface area (Å²) in [6.45, 7) is 5.53. The van der Waals surface area contributed by atoms with Crippen molar-refractivity contribution < 1.29 is 28.2 Å². The number of carbonyl (C=O) groups excluding carboxylic acids is 2. The number of benzene rings is 1. The molecule has 0 radical (unpaired) electrons. The van der Waals surface area contributed by atoms with E-state index in [9.17, 15) is 14.0 Å². The quantitative estimate of drug-likeness (QED) is 0.306. The number of rotatable bonds is 1. The van der Waals surface area contributed by atoms with Crippen LogP contribution in [0.4, 0.5) is 4.39 Å². The molecule has 0 saturated heterocycles. The molecule has 0 spiro atoms. The van der Waals surface area contributed by atoms with E-state index in [0.717, 1.165) is 6.07 Å². The van der Waals surface area contributed by atoms with Crippen LogP contribution < -0.4 is 14.2 Å². The second kappa shape index (κ2) is 7.18. The van der Waals surface area contributed by atoms with Crippen molar-refractivity contribution in [3.05, 3.63) is 50.5 Å². The van der Waals surface area contributed by atoms with Crippen molar-refractivity contribution in [2.75, 3.05) is 0 Å². The summed E-state index contributed by atoms with van der Waals surface area (Å²) in [7, 11) is 0. The van der Waals surface area contributed by atoms with E-state index in [4.69, 9.17) is 37.4 Å². The van der Waals surface area contributed by atoms with Crippen LogP contribution in [0.2, 0.25) is 10.3 Å². The molecule has 3 aliphatic rings. The van der Waals surface area contributed by atoms with Gasteiger partial charge >= 0.3 is 5.97 Å². The molecular formula is C23H18Cl2FNO5. The lowest BCUT2D eigenvalue weighted by atomic mass is 9.81. The highest BCUT2D eigenvalue weighted by molar-refractivity contribution is 6.33. The van der Waals surface area contributed by atoms with Gasteiger partial charge in [0.15, 0.2) is 22.5 Å². The van der Waals surface area contributed by atoms with Gasteiger partial charge in [-0.15, -0.1) is 0 Å². The van der Waals surface area contributed by atoms with Gasteiger partial charge in [0.2, 0.25) is 0 Å². The Morgan fingerprint density at radius 3 is 2.62 bits per heavy atom. The van der Waals surface area contributed by atoms with Gasteiger partial charge in [-0.05, 0) is 39.0 Å². The Morgan fingerprint density at radius 2 is 1.88 bits per heavy atom. The number of fused-ring (bicyclic) bond motifs is 6. The van der Waals surface area contributed by atoms with Crippen molar-refractivity contribution in [2.45, 2.75) is 51.2 Å². The van der Waals surface area contributed by atoms with Crippen LogP contribution in [0.5, 0.6) is 17.2 Å². The van der Waals surface area contributed by atoms with Crippen LogP contribution in [0.1, 0.15) is 66.6 Å². The zero-order valence-corrected chi connectivity index (χ0v) is 18.9. The topological polar surface area (TPSA) is 74.7 Å². The molecule has 2 atom stereocenters. The predicted molar refractivity (Wildman–Crippen MR) is 116 cm³/mol. The van der Waals surface area contributed by atoms with E-state index in [1.165, 1.54) is 0 Å². The summed E-state index contributed by atoms with van der Waals surface area (Å²) in [5.41, 5.74) is 0.758. The number of pyridine rings is 1. The highest BCUT2D eigenvalue weighted by atomic mass is 35.5. The number of ketones is 1. The minimum atomic E-state index is -0.771. The van der Waals surface area contributed by atoms with Gasteiger partial charge in [-0.25, -0.2) is 9.37 Å². The van der Waals surface area contributed by atoms with E-state index in [-0.39, 0.29) is 51.9 Å². The molecule has 32 heavy (non-hydrogen) atoms. The normalized spacial score (nSPS) is 22.8. The number of ether oxygens (including phenoxy) is 3. The summed E-state index contributed by atoms with van der Waals surface area (Å²) >= 11 is 12.1. The molecule has 4 heterocycles. The van der Waals surface area contributed by atoms with E-state index in [0.29, 0.717) is 22.6 Å². The van der Waals surface area contributed by atoms with Gasteiger partial charge in [-0.1, -0.05) is 23.2 Å². The fourth-order valence-electron chi connectivity index (χ4n) is 4.36. The Kier molecular flexibility index (Phi) is 4.76. The van der Waals surface area contributed by atoms with Crippen molar-refractivity contribution in [1.82, 2.24) is 4.98 Å². The van der Waals surface area contributed by atoms with E-state index < -0.39 is 23.3 Å². The maximum atomic E-state index is 14.3. The molecule has 166 valence electrons. The largest absolute Gasteiger partial charge is 0.489 e. The molecule has 0 aliphatic carbocycles. The lowest BCUT2D eigenvalue weighted by molar-refractivity contribution is -0.135. The van der Waals surface area contributed by atoms with Crippen LogP contribution >= 0.6 is 23.2 Å². The minimum absolute atomic E-state index is 0.0460. The maximum Gasteiger partial charge on any atom is 0.312 e. The predicted octanol–water partition coefficient (Wildman–Crippen LogP) is 5.51. The van der Waals surface area contributed by atoms with Gasteiger partial charge in [-0.2, -0.15) is 0 Å². The number of hydrogen-bond acceptors (Lipinski definition) is 6. The maximum absolute atomic E-state index is 14.3. The van der Waals surface area contributed by atoms with Crippen LogP contribution in [-0.2, 0) is 4.79 Å². The van der Waals surface area contributed by atoms with E-state index >= 15 is 0 Å². The average molecular weight is 478 g/mol. The highest BCUT2D eigenvalue weighted by Gasteiger charge is 2.43. The van der Waals surface area contributed by atoms with Crippen molar-refractivity contribution in [3.63, 3.8) is 0 Å². The fourth-order valence-corrected chi connectivity index (χ4v) is 4.82. The molecule has 2 unspecified atom stereocenters. The number of hydrogen-bond donors (Lipinski definition) is 0. The van der Waals surface area contributed by atoms with Crippen LogP contribution in [0.15, 0.2) is 12.1 Å². The molecule has 1 aromatic heterocycles. The second-order valence-corrected chi connectivity index (χ2v) is 9.37. The van der Waals surface area contributed by atoms with E-state index in [1.54, 1.807) is 6.92 Å². The van der Waals surface area contributed by atoms with Gasteiger partial charge in [0, 0.05) is 23.5 Å². The molecule has 6 nitrogen and oxygen atoms in total. The summed E-state index contributed by atoms with van der Waals surface area (Å²) in [6, 6.07) is 1.15. The SMILES string of the molecule is CC1CC(=O)c2c(c3c(c4c2OC(=O)CC4c2cc(F)c(Cl)nc2Cl)OC(C)(C)C=C3)O1. The second-order valence-electron chi connectivity index (χ2n) is 8.66. The molecule has 3 aliphatic heterocycles. The summed E-state index contributed by atoms with van der Waals surface area (Å²) in [6.07, 6.45) is 3.34. The number of halogens is 3. The standard InChI is InChI=1S/C23H18Cl2FNO5/c1-9-6-14(28)17-18(30-9)10-4-5-23(2,3)32-19(10)16-11(8-15(29)31-20(16)17)12-7-13(26)22(25)27-21(12)24/h4-5,7,9,11H,6,8H2,1-3H3. The van der Waals surface area contributed by atoms with Gasteiger partial charge in [0.1, 0.15) is 33.9 Å². The lowest BCUT2D eigenvalue weighted by Gasteiger charge is -2.37. The third-order valence-corrected chi connectivity index (χ3v) is 6.31. The smallest absolute Gasteiger partial charge is 0.312 e. The zero-order chi connectivity index (χ0) is 22.9. The zero-order valence-electron chi connectivity index (χ0n) is 17.4. The monoisotopic (exact) mass is 477 g/mol. The summed E-state index contributed by atoms with van der Waals surface area (Å²) < 4.78 is 32.2. The Labute approximate surface area is 193 Å². The average Bonchev–Trinajstić information content (AvgIpc) is 2.68. The number of aromatic nitrogens is 1. The Hall–Kier alpha value is -2.64. The van der Waals surface area contributed by atoms with Crippen molar-refractivity contribution in [1.29, 1.82) is 0 Å². The first kappa shape index (κ1) is 21.2. The van der Waals surface area contributed by atoms with E-state index in [1.807, 2.05) is 26.0 Å².